The van der Waals surface area contributed by atoms with Crippen molar-refractivity contribution < 1.29 is 5.11 Å². The Bertz CT molecular complexity index is 60.9. The van der Waals surface area contributed by atoms with E-state index >= 15 is 0 Å². The molecule has 8 heavy (non-hydrogen) atoms. The summed E-state index contributed by atoms with van der Waals surface area (Å²) < 4.78 is 0. The molecule has 1 rings (SSSR count). The molecular weight excluding hydrogens is 120 g/mol. The highest BCUT2D eigenvalue weighted by atomic mass is 32.2. The Labute approximate surface area is 54.5 Å². The van der Waals surface area contributed by atoms with E-state index in [0.29, 0.717) is 12.5 Å². The van der Waals surface area contributed by atoms with Gasteiger partial charge in [0.05, 0.1) is 0 Å². The van der Waals surface area contributed by atoms with Crippen molar-refractivity contribution in [1.29, 1.82) is 0 Å². The van der Waals surface area contributed by atoms with Crippen LogP contribution in [0.15, 0.2) is 0 Å². The molecule has 1 fully saturated rings. The van der Waals surface area contributed by atoms with E-state index in [2.05, 4.69) is 6.26 Å². The first-order valence-electron chi connectivity index (χ1n) is 3.00. The van der Waals surface area contributed by atoms with Crippen LogP contribution in [-0.2, 0) is 0 Å². The van der Waals surface area contributed by atoms with Gasteiger partial charge in [0.2, 0.25) is 0 Å². The molecule has 1 aliphatic rings. The summed E-state index contributed by atoms with van der Waals surface area (Å²) in [4.78, 5) is 0. The molecule has 0 radical (unpaired) electrons. The Balaban J connectivity index is 2.03. The van der Waals surface area contributed by atoms with Gasteiger partial charge in [0.1, 0.15) is 0 Å². The maximum Gasteiger partial charge on any atom is 0.0460 e. The topological polar surface area (TPSA) is 20.2 Å². The fraction of sp³-hybridized carbons (Fsp3) is 1.00. The molecule has 1 saturated carbocycles. The van der Waals surface area contributed by atoms with Crippen LogP contribution < -0.4 is 0 Å². The number of aliphatic hydroxyl groups excluding tert-OH is 1. The molecule has 0 atom stereocenters. The van der Waals surface area contributed by atoms with Gasteiger partial charge in [-0.25, -0.2) is 0 Å². The molecule has 0 aromatic carbocycles. The molecule has 0 amide bonds. The summed E-state index contributed by atoms with van der Waals surface area (Å²) in [7, 11) is 0. The molecule has 1 aliphatic carbocycles. The normalized spacial score (nSPS) is 36.8. The first-order valence-corrected chi connectivity index (χ1v) is 4.29. The molecule has 0 saturated heterocycles. The zero-order chi connectivity index (χ0) is 5.98. The predicted molar refractivity (Wildman–Crippen MR) is 37.1 cm³/mol. The second-order valence-electron chi connectivity index (χ2n) is 2.38. The monoisotopic (exact) mass is 132 g/mol. The zero-order valence-corrected chi connectivity index (χ0v) is 5.95. The Morgan fingerprint density at radius 3 is 2.62 bits per heavy atom. The van der Waals surface area contributed by atoms with Crippen LogP contribution in [0.3, 0.4) is 0 Å². The van der Waals surface area contributed by atoms with Crippen molar-refractivity contribution in [3.63, 3.8) is 0 Å². The average Bonchev–Trinajstić information content (AvgIpc) is 1.65. The SMILES string of the molecule is CSC1CC(CO)C1. The lowest BCUT2D eigenvalue weighted by atomic mass is 9.86. The Morgan fingerprint density at radius 2 is 2.25 bits per heavy atom. The summed E-state index contributed by atoms with van der Waals surface area (Å²) >= 11 is 1.92. The van der Waals surface area contributed by atoms with E-state index in [9.17, 15) is 0 Å². The first-order chi connectivity index (χ1) is 3.86. The minimum absolute atomic E-state index is 0.400. The summed E-state index contributed by atoms with van der Waals surface area (Å²) in [5.74, 6) is 0.632. The van der Waals surface area contributed by atoms with Crippen molar-refractivity contribution in [3.05, 3.63) is 0 Å². The molecule has 0 aliphatic heterocycles. The van der Waals surface area contributed by atoms with Gasteiger partial charge in [0.25, 0.3) is 0 Å². The van der Waals surface area contributed by atoms with Crippen molar-refractivity contribution in [1.82, 2.24) is 0 Å². The van der Waals surface area contributed by atoms with Crippen LogP contribution in [0.2, 0.25) is 0 Å². The summed E-state index contributed by atoms with van der Waals surface area (Å²) in [6, 6.07) is 0. The number of aliphatic hydroxyl groups is 1. The van der Waals surface area contributed by atoms with E-state index in [4.69, 9.17) is 5.11 Å². The van der Waals surface area contributed by atoms with E-state index in [1.807, 2.05) is 11.8 Å². The van der Waals surface area contributed by atoms with E-state index in [1.54, 1.807) is 0 Å². The summed E-state index contributed by atoms with van der Waals surface area (Å²) in [5, 5.41) is 9.44. The molecule has 2 heteroatoms. The van der Waals surface area contributed by atoms with Gasteiger partial charge < -0.3 is 5.11 Å². The maximum absolute atomic E-state index is 8.59. The number of thioether (sulfide) groups is 1. The van der Waals surface area contributed by atoms with Gasteiger partial charge in [-0.2, -0.15) is 11.8 Å². The molecule has 1 N–H and O–H groups in total. The minimum atomic E-state index is 0.400. The summed E-state index contributed by atoms with van der Waals surface area (Å²) in [6.07, 6.45) is 4.60. The lowest BCUT2D eigenvalue weighted by Gasteiger charge is -2.32. The molecule has 48 valence electrons. The fourth-order valence-corrected chi connectivity index (χ4v) is 1.95. The second kappa shape index (κ2) is 2.74. The van der Waals surface area contributed by atoms with Crippen molar-refractivity contribution in [2.24, 2.45) is 5.92 Å². The third-order valence-corrected chi connectivity index (χ3v) is 2.84. The molecule has 1 nitrogen and oxygen atoms in total. The average molecular weight is 132 g/mol. The van der Waals surface area contributed by atoms with Crippen molar-refractivity contribution in [3.8, 4) is 0 Å². The molecule has 0 aromatic rings. The van der Waals surface area contributed by atoms with Gasteiger partial charge in [-0.1, -0.05) is 0 Å². The van der Waals surface area contributed by atoms with E-state index < -0.39 is 0 Å². The standard InChI is InChI=1S/C6H12OS/c1-8-6-2-5(3-6)4-7/h5-7H,2-4H2,1H3. The Morgan fingerprint density at radius 1 is 1.62 bits per heavy atom. The lowest BCUT2D eigenvalue weighted by Crippen LogP contribution is -2.28. The van der Waals surface area contributed by atoms with Gasteiger partial charge >= 0.3 is 0 Å². The highest BCUT2D eigenvalue weighted by molar-refractivity contribution is 7.99. The number of rotatable bonds is 2. The smallest absolute Gasteiger partial charge is 0.0460 e. The van der Waals surface area contributed by atoms with Crippen molar-refractivity contribution >= 4 is 11.8 Å². The highest BCUT2D eigenvalue weighted by Crippen LogP contribution is 2.34. The first kappa shape index (κ1) is 6.43. The fourth-order valence-electron chi connectivity index (χ4n) is 1.02. The molecule has 0 aromatic heterocycles. The Hall–Kier alpha value is 0.310. The van der Waals surface area contributed by atoms with Crippen LogP contribution in [0.4, 0.5) is 0 Å². The van der Waals surface area contributed by atoms with E-state index in [1.165, 1.54) is 12.8 Å². The summed E-state index contributed by atoms with van der Waals surface area (Å²) in [5.41, 5.74) is 0. The van der Waals surface area contributed by atoms with Crippen LogP contribution in [0.1, 0.15) is 12.8 Å². The summed E-state index contributed by atoms with van der Waals surface area (Å²) in [6.45, 7) is 0.400. The van der Waals surface area contributed by atoms with Crippen LogP contribution in [0, 0.1) is 5.92 Å². The van der Waals surface area contributed by atoms with Crippen LogP contribution in [-0.4, -0.2) is 23.2 Å². The van der Waals surface area contributed by atoms with E-state index in [-0.39, 0.29) is 0 Å². The zero-order valence-electron chi connectivity index (χ0n) is 5.13. The largest absolute Gasteiger partial charge is 0.396 e. The van der Waals surface area contributed by atoms with Gasteiger partial charge in [0.15, 0.2) is 0 Å². The molecule has 0 unspecified atom stereocenters. The lowest BCUT2D eigenvalue weighted by molar-refractivity contribution is 0.168. The Kier molecular flexibility index (Phi) is 2.20. The third-order valence-electron chi connectivity index (χ3n) is 1.78. The third kappa shape index (κ3) is 1.17. The highest BCUT2D eigenvalue weighted by Gasteiger charge is 2.26. The second-order valence-corrected chi connectivity index (χ2v) is 3.52. The van der Waals surface area contributed by atoms with E-state index in [0.717, 1.165) is 5.25 Å². The van der Waals surface area contributed by atoms with Gasteiger partial charge in [-0.15, -0.1) is 0 Å². The predicted octanol–water partition coefficient (Wildman–Crippen LogP) is 1.12. The van der Waals surface area contributed by atoms with Crippen LogP contribution >= 0.6 is 11.8 Å². The van der Waals surface area contributed by atoms with Gasteiger partial charge in [-0.3, -0.25) is 0 Å². The molecule has 0 heterocycles. The van der Waals surface area contributed by atoms with Crippen LogP contribution in [0.25, 0.3) is 0 Å². The number of hydrogen-bond donors (Lipinski definition) is 1. The van der Waals surface area contributed by atoms with Gasteiger partial charge in [-0.05, 0) is 25.0 Å². The molecular formula is C6H12OS. The minimum Gasteiger partial charge on any atom is -0.396 e. The quantitative estimate of drug-likeness (QED) is 0.607. The maximum atomic E-state index is 8.59. The van der Waals surface area contributed by atoms with Gasteiger partial charge in [0, 0.05) is 11.9 Å². The van der Waals surface area contributed by atoms with Crippen molar-refractivity contribution in [2.45, 2.75) is 18.1 Å². The van der Waals surface area contributed by atoms with Crippen molar-refractivity contribution in [2.75, 3.05) is 12.9 Å². The number of hydrogen-bond acceptors (Lipinski definition) is 2. The van der Waals surface area contributed by atoms with Crippen LogP contribution in [0.5, 0.6) is 0 Å². The molecule has 0 bridgehead atoms. The molecule has 0 spiro atoms.